The first-order valence-corrected chi connectivity index (χ1v) is 7.70. The van der Waals surface area contributed by atoms with Gasteiger partial charge >= 0.3 is 0 Å². The molecule has 8 nitrogen and oxygen atoms in total. The van der Waals surface area contributed by atoms with E-state index in [1.54, 1.807) is 21.1 Å². The van der Waals surface area contributed by atoms with Gasteiger partial charge in [-0.15, -0.1) is 0 Å². The maximum Gasteiger partial charge on any atom is 0.246 e. The number of nitrogens with one attached hydrogen (secondary N) is 2. The Morgan fingerprint density at radius 3 is 2.92 bits per heavy atom. The van der Waals surface area contributed by atoms with Crippen molar-refractivity contribution in [2.75, 3.05) is 32.7 Å². The number of benzene rings is 1. The highest BCUT2D eigenvalue weighted by Crippen LogP contribution is 2.17. The summed E-state index contributed by atoms with van der Waals surface area (Å²) in [6.45, 7) is 3.47. The van der Waals surface area contributed by atoms with Crippen LogP contribution in [0.1, 0.15) is 18.1 Å². The Bertz CT molecular complexity index is 657. The number of aromatic nitrogens is 2. The van der Waals surface area contributed by atoms with Gasteiger partial charge in [-0.05, 0) is 19.1 Å². The molecule has 0 saturated heterocycles. The molecule has 0 unspecified atom stereocenters. The van der Waals surface area contributed by atoms with Crippen molar-refractivity contribution in [3.05, 3.63) is 36.0 Å². The number of anilines is 1. The summed E-state index contributed by atoms with van der Waals surface area (Å²) in [5, 5.41) is 10.1. The molecule has 2 aromatic rings. The lowest BCUT2D eigenvalue weighted by atomic mass is 10.3. The molecule has 0 spiro atoms. The second-order valence-electron chi connectivity index (χ2n) is 5.01. The Kier molecular flexibility index (Phi) is 7.03. The van der Waals surface area contributed by atoms with Gasteiger partial charge in [0.1, 0.15) is 5.75 Å². The van der Waals surface area contributed by atoms with Crippen LogP contribution >= 0.6 is 0 Å². The van der Waals surface area contributed by atoms with Crippen molar-refractivity contribution in [2.45, 2.75) is 19.9 Å². The zero-order valence-electron chi connectivity index (χ0n) is 14.2. The van der Waals surface area contributed by atoms with Gasteiger partial charge in [-0.3, -0.25) is 4.99 Å². The van der Waals surface area contributed by atoms with Crippen LogP contribution in [0.25, 0.3) is 0 Å². The van der Waals surface area contributed by atoms with E-state index in [4.69, 9.17) is 14.0 Å². The first-order valence-electron chi connectivity index (χ1n) is 7.70. The Morgan fingerprint density at radius 1 is 1.33 bits per heavy atom. The van der Waals surface area contributed by atoms with Crippen LogP contribution in [0.2, 0.25) is 0 Å². The molecule has 0 radical (unpaired) electrons. The van der Waals surface area contributed by atoms with Crippen molar-refractivity contribution in [1.29, 1.82) is 0 Å². The first-order chi connectivity index (χ1) is 11.7. The third-order valence-electron chi connectivity index (χ3n) is 3.06. The number of ether oxygens (including phenoxy) is 2. The summed E-state index contributed by atoms with van der Waals surface area (Å²) >= 11 is 0. The zero-order chi connectivity index (χ0) is 17.2. The van der Waals surface area contributed by atoms with Crippen LogP contribution in [-0.2, 0) is 11.3 Å². The molecule has 0 saturated carbocycles. The molecule has 2 N–H and O–H groups in total. The molecular formula is C16H23N5O3. The predicted octanol–water partition coefficient (Wildman–Crippen LogP) is 1.98. The zero-order valence-corrected chi connectivity index (χ0v) is 14.2. The van der Waals surface area contributed by atoms with Crippen molar-refractivity contribution in [1.82, 2.24) is 15.5 Å². The van der Waals surface area contributed by atoms with Crippen molar-refractivity contribution in [3.63, 3.8) is 0 Å². The van der Waals surface area contributed by atoms with E-state index in [1.807, 2.05) is 24.3 Å². The normalized spacial score (nSPS) is 11.4. The van der Waals surface area contributed by atoms with Crippen molar-refractivity contribution in [2.24, 2.45) is 4.99 Å². The Morgan fingerprint density at radius 2 is 2.21 bits per heavy atom. The quantitative estimate of drug-likeness (QED) is 0.433. The Balaban J connectivity index is 1.86. The van der Waals surface area contributed by atoms with Gasteiger partial charge in [0.2, 0.25) is 5.89 Å². The lowest BCUT2D eigenvalue weighted by Gasteiger charge is -2.12. The van der Waals surface area contributed by atoms with Crippen molar-refractivity contribution in [3.8, 4) is 5.75 Å². The Hall–Kier alpha value is -2.61. The number of hydrogen-bond donors (Lipinski definition) is 2. The standard InChI is InChI=1S/C16H23N5O3/c1-12-19-15(24-21-12)11-18-16(17-2)20-13-6-4-7-14(10-13)23-9-5-8-22-3/h4,6-7,10H,5,8-9,11H2,1-3H3,(H2,17,18,20). The molecule has 0 amide bonds. The van der Waals surface area contributed by atoms with E-state index in [1.165, 1.54) is 0 Å². The van der Waals surface area contributed by atoms with E-state index in [9.17, 15) is 0 Å². The van der Waals surface area contributed by atoms with Gasteiger partial charge in [0.25, 0.3) is 0 Å². The fourth-order valence-electron chi connectivity index (χ4n) is 1.94. The smallest absolute Gasteiger partial charge is 0.246 e. The SMILES string of the molecule is CN=C(NCc1nc(C)no1)Nc1cccc(OCCCOC)c1. The van der Waals surface area contributed by atoms with Crippen LogP contribution in [0.3, 0.4) is 0 Å². The van der Waals surface area contributed by atoms with E-state index < -0.39 is 0 Å². The summed E-state index contributed by atoms with van der Waals surface area (Å²) in [6.07, 6.45) is 0.848. The molecule has 1 aromatic carbocycles. The van der Waals surface area contributed by atoms with E-state index >= 15 is 0 Å². The van der Waals surface area contributed by atoms with Crippen LogP contribution < -0.4 is 15.4 Å². The number of methoxy groups -OCH3 is 1. The molecule has 0 aliphatic rings. The van der Waals surface area contributed by atoms with Gasteiger partial charge in [-0.1, -0.05) is 11.2 Å². The predicted molar refractivity (Wildman–Crippen MR) is 91.3 cm³/mol. The maximum absolute atomic E-state index is 5.68. The molecule has 0 atom stereocenters. The molecule has 24 heavy (non-hydrogen) atoms. The molecule has 8 heteroatoms. The van der Waals surface area contributed by atoms with Gasteiger partial charge in [0.05, 0.1) is 13.2 Å². The summed E-state index contributed by atoms with van der Waals surface area (Å²) in [5.74, 6) is 2.50. The summed E-state index contributed by atoms with van der Waals surface area (Å²) in [5.41, 5.74) is 0.869. The molecule has 0 fully saturated rings. The molecular weight excluding hydrogens is 310 g/mol. The summed E-state index contributed by atoms with van der Waals surface area (Å²) in [7, 11) is 3.37. The van der Waals surface area contributed by atoms with Gasteiger partial charge in [-0.25, -0.2) is 0 Å². The highest BCUT2D eigenvalue weighted by molar-refractivity contribution is 5.93. The maximum atomic E-state index is 5.68. The highest BCUT2D eigenvalue weighted by atomic mass is 16.5. The summed E-state index contributed by atoms with van der Waals surface area (Å²) < 4.78 is 15.7. The fraction of sp³-hybridized carbons (Fsp3) is 0.438. The van der Waals surface area contributed by atoms with Crippen molar-refractivity contribution >= 4 is 11.6 Å². The van der Waals surface area contributed by atoms with Gasteiger partial charge in [-0.2, -0.15) is 4.98 Å². The highest BCUT2D eigenvalue weighted by Gasteiger charge is 2.05. The third kappa shape index (κ3) is 5.88. The molecule has 0 aliphatic heterocycles. The second kappa shape index (κ2) is 9.51. The number of hydrogen-bond acceptors (Lipinski definition) is 6. The topological polar surface area (TPSA) is 93.8 Å². The lowest BCUT2D eigenvalue weighted by Crippen LogP contribution is -2.30. The number of nitrogens with zero attached hydrogens (tertiary/aromatic N) is 3. The van der Waals surface area contributed by atoms with Gasteiger partial charge in [0.15, 0.2) is 11.8 Å². The van der Waals surface area contributed by atoms with Gasteiger partial charge < -0.3 is 24.6 Å². The second-order valence-corrected chi connectivity index (χ2v) is 5.01. The largest absolute Gasteiger partial charge is 0.493 e. The van der Waals surface area contributed by atoms with Crippen LogP contribution in [0, 0.1) is 6.92 Å². The minimum absolute atomic E-state index is 0.397. The van der Waals surface area contributed by atoms with Gasteiger partial charge in [0, 0.05) is 38.9 Å². The molecule has 1 aromatic heterocycles. The molecule has 0 aliphatic carbocycles. The lowest BCUT2D eigenvalue weighted by molar-refractivity contribution is 0.172. The number of aliphatic imine (C=N–C) groups is 1. The minimum Gasteiger partial charge on any atom is -0.493 e. The molecule has 1 heterocycles. The van der Waals surface area contributed by atoms with Crippen LogP contribution in [0.15, 0.2) is 33.8 Å². The van der Waals surface area contributed by atoms with E-state index in [0.29, 0.717) is 37.4 Å². The molecule has 130 valence electrons. The summed E-state index contributed by atoms with van der Waals surface area (Å²) in [4.78, 5) is 8.30. The number of rotatable bonds is 8. The van der Waals surface area contributed by atoms with Crippen molar-refractivity contribution < 1.29 is 14.0 Å². The van der Waals surface area contributed by atoms with E-state index in [0.717, 1.165) is 17.9 Å². The van der Waals surface area contributed by atoms with E-state index in [2.05, 4.69) is 25.8 Å². The monoisotopic (exact) mass is 333 g/mol. The Labute approximate surface area is 141 Å². The minimum atomic E-state index is 0.397. The average Bonchev–Trinajstić information content (AvgIpc) is 3.01. The fourth-order valence-corrected chi connectivity index (χ4v) is 1.94. The number of guanidine groups is 1. The summed E-state index contributed by atoms with van der Waals surface area (Å²) in [6, 6.07) is 7.68. The van der Waals surface area contributed by atoms with E-state index in [-0.39, 0.29) is 0 Å². The van der Waals surface area contributed by atoms with Crippen LogP contribution in [0.4, 0.5) is 5.69 Å². The number of aryl methyl sites for hydroxylation is 1. The van der Waals surface area contributed by atoms with Crippen LogP contribution in [-0.4, -0.2) is 43.5 Å². The van der Waals surface area contributed by atoms with Crippen LogP contribution in [0.5, 0.6) is 5.75 Å². The molecule has 0 bridgehead atoms. The first kappa shape index (κ1) is 17.7. The third-order valence-corrected chi connectivity index (χ3v) is 3.06. The average molecular weight is 333 g/mol. The molecule has 2 rings (SSSR count).